The van der Waals surface area contributed by atoms with Gasteiger partial charge in [0, 0.05) is 36.2 Å². The third kappa shape index (κ3) is 15.6. The van der Waals surface area contributed by atoms with Crippen LogP contribution in [0.15, 0.2) is 47.5 Å². The second-order valence-electron chi connectivity index (χ2n) is 11.1. The fraction of sp³-hybridized carbons (Fsp3) is 0.500. The second-order valence-corrected chi connectivity index (χ2v) is 11.5. The van der Waals surface area contributed by atoms with Crippen molar-refractivity contribution in [2.24, 2.45) is 4.99 Å². The zero-order valence-corrected chi connectivity index (χ0v) is 29.4. The number of amides is 1. The van der Waals surface area contributed by atoms with Crippen molar-refractivity contribution in [2.45, 2.75) is 52.7 Å². The van der Waals surface area contributed by atoms with Crippen LogP contribution in [0.5, 0.6) is 5.75 Å². The number of amidine groups is 2. The molecule has 0 bridgehead atoms. The van der Waals surface area contributed by atoms with Crippen LogP contribution >= 0.6 is 11.6 Å². The molecule has 47 heavy (non-hydrogen) atoms. The molecule has 3 rings (SSSR count). The standard InChI is InChI=1S/C26H30ClN5O5.C5H12O.C3H9N/c1-18(28)32-24-7-6-21(37-15-14-36-13-12-35-11-9-30-17-34)16-22(24)25(19-2-4-20(27)5-3-19)31-23(8-10-33)26(32)29;1-5(2,3)6-4;1-3-4-2/h2-7,10,16-17,23,28-29H,8-9,11-15H2,1H3,(H,30,34);1-4H3;4H,3H2,1-2H3/t23-;;/m0../s1. The monoisotopic (exact) mass is 674 g/mol. The van der Waals surface area contributed by atoms with E-state index < -0.39 is 6.04 Å². The highest BCUT2D eigenvalue weighted by Gasteiger charge is 2.30. The quantitative estimate of drug-likeness (QED) is 0.0913. The minimum atomic E-state index is -0.745. The maximum absolute atomic E-state index is 11.4. The van der Waals surface area contributed by atoms with Gasteiger partial charge in [-0.05, 0) is 71.6 Å². The van der Waals surface area contributed by atoms with E-state index in [2.05, 4.69) is 17.6 Å². The summed E-state index contributed by atoms with van der Waals surface area (Å²) in [7, 11) is 3.64. The average molecular weight is 675 g/mol. The van der Waals surface area contributed by atoms with Gasteiger partial charge in [-0.3, -0.25) is 25.5 Å². The van der Waals surface area contributed by atoms with E-state index in [1.807, 2.05) is 46.0 Å². The number of nitrogens with zero attached hydrogens (tertiary/aromatic N) is 2. The van der Waals surface area contributed by atoms with Crippen molar-refractivity contribution in [3.8, 4) is 5.75 Å². The van der Waals surface area contributed by atoms with E-state index in [4.69, 9.17) is 46.4 Å². The molecule has 1 aliphatic rings. The van der Waals surface area contributed by atoms with Crippen molar-refractivity contribution >= 4 is 47.4 Å². The van der Waals surface area contributed by atoms with E-state index in [0.29, 0.717) is 73.7 Å². The van der Waals surface area contributed by atoms with Crippen LogP contribution in [0.3, 0.4) is 0 Å². The minimum absolute atomic E-state index is 0.0195. The van der Waals surface area contributed by atoms with Gasteiger partial charge < -0.3 is 34.4 Å². The lowest BCUT2D eigenvalue weighted by Crippen LogP contribution is -2.40. The van der Waals surface area contributed by atoms with Gasteiger partial charge in [0.1, 0.15) is 36.4 Å². The molecular weight excluding hydrogens is 624 g/mol. The van der Waals surface area contributed by atoms with Gasteiger partial charge in [-0.1, -0.05) is 30.7 Å². The number of rotatable bonds is 15. The van der Waals surface area contributed by atoms with Crippen LogP contribution in [0.25, 0.3) is 0 Å². The summed E-state index contributed by atoms with van der Waals surface area (Å²) in [6, 6.07) is 11.8. The highest BCUT2D eigenvalue weighted by molar-refractivity contribution is 6.31. The predicted octanol–water partition coefficient (Wildman–Crippen LogP) is 4.74. The van der Waals surface area contributed by atoms with E-state index in [9.17, 15) is 9.59 Å². The maximum Gasteiger partial charge on any atom is 0.207 e. The molecule has 4 N–H and O–H groups in total. The van der Waals surface area contributed by atoms with Crippen molar-refractivity contribution in [1.29, 1.82) is 10.8 Å². The van der Waals surface area contributed by atoms with Gasteiger partial charge in [0.15, 0.2) is 0 Å². The first-order valence-electron chi connectivity index (χ1n) is 15.4. The number of aldehydes is 1. The number of carbonyl (C=O) groups is 2. The van der Waals surface area contributed by atoms with Crippen LogP contribution in [0, 0.1) is 10.8 Å². The number of fused-ring (bicyclic) bond motifs is 1. The maximum atomic E-state index is 11.4. The second kappa shape index (κ2) is 22.8. The van der Waals surface area contributed by atoms with Gasteiger partial charge in [-0.15, -0.1) is 0 Å². The van der Waals surface area contributed by atoms with Crippen LogP contribution in [-0.2, 0) is 23.8 Å². The Hall–Kier alpha value is -3.68. The smallest absolute Gasteiger partial charge is 0.207 e. The summed E-state index contributed by atoms with van der Waals surface area (Å²) < 4.78 is 21.7. The van der Waals surface area contributed by atoms with E-state index >= 15 is 0 Å². The number of benzene rings is 2. The van der Waals surface area contributed by atoms with E-state index in [0.717, 1.165) is 18.4 Å². The van der Waals surface area contributed by atoms with Crippen molar-refractivity contribution in [3.05, 3.63) is 58.6 Å². The van der Waals surface area contributed by atoms with Crippen LogP contribution in [0.2, 0.25) is 5.02 Å². The van der Waals surface area contributed by atoms with Crippen LogP contribution in [0.1, 0.15) is 52.2 Å². The summed E-state index contributed by atoms with van der Waals surface area (Å²) in [5, 5.41) is 23.0. The number of nitrogens with one attached hydrogen (secondary N) is 4. The minimum Gasteiger partial charge on any atom is -0.491 e. The molecule has 0 unspecified atom stereocenters. The molecule has 2 aromatic rings. The van der Waals surface area contributed by atoms with E-state index in [1.165, 1.54) is 4.90 Å². The molecule has 0 radical (unpaired) electrons. The molecule has 12 nitrogen and oxygen atoms in total. The zero-order chi connectivity index (χ0) is 35.2. The van der Waals surface area contributed by atoms with E-state index in [-0.39, 0.29) is 23.7 Å². The Morgan fingerprint density at radius 3 is 2.17 bits per heavy atom. The summed E-state index contributed by atoms with van der Waals surface area (Å²) in [6.07, 6.45) is 1.38. The molecule has 1 heterocycles. The number of methoxy groups -OCH3 is 1. The van der Waals surface area contributed by atoms with Gasteiger partial charge in [0.25, 0.3) is 0 Å². The molecule has 260 valence electrons. The number of hydrogen-bond acceptors (Lipinski definition) is 10. The van der Waals surface area contributed by atoms with Crippen LogP contribution in [0.4, 0.5) is 5.69 Å². The molecule has 0 aromatic heterocycles. The number of aliphatic imine (C=N–C) groups is 1. The van der Waals surface area contributed by atoms with Gasteiger partial charge in [0.2, 0.25) is 6.41 Å². The molecule has 2 aromatic carbocycles. The van der Waals surface area contributed by atoms with Crippen molar-refractivity contribution in [2.75, 3.05) is 65.2 Å². The lowest BCUT2D eigenvalue weighted by Gasteiger charge is -2.26. The third-order valence-electron chi connectivity index (χ3n) is 6.39. The fourth-order valence-corrected chi connectivity index (χ4v) is 3.87. The Kier molecular flexibility index (Phi) is 20.0. The summed E-state index contributed by atoms with van der Waals surface area (Å²) >= 11 is 6.09. The van der Waals surface area contributed by atoms with Crippen molar-refractivity contribution < 1.29 is 28.5 Å². The molecule has 13 heteroatoms. The number of anilines is 1. The summed E-state index contributed by atoms with van der Waals surface area (Å²) in [6.45, 7) is 13.1. The number of halogens is 1. The lowest BCUT2D eigenvalue weighted by molar-refractivity contribution is -0.110. The van der Waals surface area contributed by atoms with Crippen molar-refractivity contribution in [1.82, 2.24) is 10.6 Å². The molecule has 0 aliphatic carbocycles. The SMILES string of the molecule is CC(=N)N1C(=N)[C@H](CC=O)N=C(c2ccc(Cl)cc2)c2cc(OCCOCCOCCNC=O)ccc21.CCNC.COC(C)(C)C. The number of ether oxygens (including phenoxy) is 4. The first-order chi connectivity index (χ1) is 22.4. The topological polar surface area (TPSA) is 158 Å². The summed E-state index contributed by atoms with van der Waals surface area (Å²) in [5.41, 5.74) is 2.66. The number of benzodiazepines with no additional fused rings is 1. The fourth-order valence-electron chi connectivity index (χ4n) is 3.74. The molecule has 0 spiro atoms. The first-order valence-corrected chi connectivity index (χ1v) is 15.8. The molecule has 0 saturated carbocycles. The number of carbonyl (C=O) groups excluding carboxylic acids is 2. The van der Waals surface area contributed by atoms with Gasteiger partial charge in [-0.25, -0.2) is 0 Å². The van der Waals surface area contributed by atoms with Crippen molar-refractivity contribution in [3.63, 3.8) is 0 Å². The Morgan fingerprint density at radius 2 is 1.64 bits per heavy atom. The Labute approximate surface area is 284 Å². The van der Waals surface area contributed by atoms with Gasteiger partial charge >= 0.3 is 0 Å². The molecule has 1 atom stereocenters. The van der Waals surface area contributed by atoms with Gasteiger partial charge in [0.05, 0.1) is 43.4 Å². The Morgan fingerprint density at radius 1 is 1.04 bits per heavy atom. The molecule has 0 saturated heterocycles. The average Bonchev–Trinajstić information content (AvgIpc) is 3.16. The highest BCUT2D eigenvalue weighted by atomic mass is 35.5. The predicted molar refractivity (Wildman–Crippen MR) is 189 cm³/mol. The zero-order valence-electron chi connectivity index (χ0n) is 28.7. The lowest BCUT2D eigenvalue weighted by atomic mass is 9.99. The Bertz CT molecular complexity index is 1280. The summed E-state index contributed by atoms with van der Waals surface area (Å²) in [4.78, 5) is 27.8. The first kappa shape index (κ1) is 41.3. The van der Waals surface area contributed by atoms with Gasteiger partial charge in [-0.2, -0.15) is 0 Å². The largest absolute Gasteiger partial charge is 0.491 e. The number of hydrogen-bond donors (Lipinski definition) is 4. The van der Waals surface area contributed by atoms with Crippen LogP contribution < -0.4 is 20.3 Å². The Balaban J connectivity index is 0.000000962. The molecule has 1 aliphatic heterocycles. The molecular formula is C34H51ClN6O6. The third-order valence-corrected chi connectivity index (χ3v) is 6.64. The normalized spacial score (nSPS) is 13.9. The summed E-state index contributed by atoms with van der Waals surface area (Å²) in [5.74, 6) is 0.764. The molecule has 1 amide bonds. The molecule has 0 fully saturated rings. The van der Waals surface area contributed by atoms with Crippen LogP contribution in [-0.4, -0.2) is 102 Å². The highest BCUT2D eigenvalue weighted by Crippen LogP contribution is 2.33. The van der Waals surface area contributed by atoms with E-state index in [1.54, 1.807) is 38.3 Å².